The Morgan fingerprint density at radius 1 is 1.16 bits per heavy atom. The van der Waals surface area contributed by atoms with E-state index in [1.165, 1.54) is 4.68 Å². The van der Waals surface area contributed by atoms with Gasteiger partial charge < -0.3 is 24.8 Å². The first-order valence-corrected chi connectivity index (χ1v) is 10.7. The molecule has 2 N–H and O–H groups in total. The molecule has 0 unspecified atom stereocenters. The molecule has 0 saturated heterocycles. The lowest BCUT2D eigenvalue weighted by Gasteiger charge is -2.19. The minimum absolute atomic E-state index is 0.195. The van der Waals surface area contributed by atoms with Crippen LogP contribution < -0.4 is 15.4 Å². The number of rotatable bonds is 9. The maximum atomic E-state index is 12.0. The van der Waals surface area contributed by atoms with E-state index in [0.717, 1.165) is 5.69 Å². The molecular weight excluding hydrogens is 468 g/mol. The van der Waals surface area contributed by atoms with Crippen LogP contribution in [0.15, 0.2) is 28.7 Å². The highest BCUT2D eigenvalue weighted by Crippen LogP contribution is 2.24. The number of aryl methyl sites for hydroxylation is 1. The number of amides is 1. The highest BCUT2D eigenvalue weighted by atomic mass is 79.9. The van der Waals surface area contributed by atoms with Gasteiger partial charge in [-0.15, -0.1) is 0 Å². The van der Waals surface area contributed by atoms with Crippen molar-refractivity contribution in [3.05, 3.63) is 40.1 Å². The van der Waals surface area contributed by atoms with Crippen molar-refractivity contribution < 1.29 is 23.8 Å². The van der Waals surface area contributed by atoms with Gasteiger partial charge in [-0.05, 0) is 67.9 Å². The van der Waals surface area contributed by atoms with Crippen molar-refractivity contribution in [2.45, 2.75) is 39.9 Å². The zero-order valence-electron chi connectivity index (χ0n) is 18.5. The van der Waals surface area contributed by atoms with Crippen molar-refractivity contribution in [1.82, 2.24) is 15.1 Å². The van der Waals surface area contributed by atoms with Crippen LogP contribution in [0.2, 0.25) is 0 Å². The number of ether oxygens (including phenoxy) is 3. The molecule has 0 atom stereocenters. The molecule has 1 amide bonds. The van der Waals surface area contributed by atoms with E-state index in [4.69, 9.17) is 14.2 Å². The van der Waals surface area contributed by atoms with Crippen molar-refractivity contribution in [2.24, 2.45) is 7.05 Å². The molecule has 0 aliphatic heterocycles. The average Bonchev–Trinajstić information content (AvgIpc) is 2.96. The summed E-state index contributed by atoms with van der Waals surface area (Å²) < 4.78 is 18.0. The molecule has 0 aliphatic carbocycles. The van der Waals surface area contributed by atoms with E-state index in [0.29, 0.717) is 41.3 Å². The van der Waals surface area contributed by atoms with Crippen LogP contribution in [0.1, 0.15) is 43.9 Å². The second-order valence-corrected chi connectivity index (χ2v) is 8.41. The van der Waals surface area contributed by atoms with Gasteiger partial charge in [-0.1, -0.05) is 0 Å². The quantitative estimate of drug-likeness (QED) is 0.400. The van der Waals surface area contributed by atoms with Crippen molar-refractivity contribution >= 4 is 33.7 Å². The topological polar surface area (TPSA) is 104 Å². The zero-order chi connectivity index (χ0) is 23.0. The molecule has 1 aromatic heterocycles. The molecule has 0 aliphatic rings. The second kappa shape index (κ2) is 11.0. The van der Waals surface area contributed by atoms with E-state index in [1.54, 1.807) is 14.0 Å². The Morgan fingerprint density at radius 3 is 2.45 bits per heavy atom. The van der Waals surface area contributed by atoms with Crippen molar-refractivity contribution in [2.75, 3.05) is 25.0 Å². The van der Waals surface area contributed by atoms with Gasteiger partial charge in [0, 0.05) is 25.8 Å². The molecule has 0 fully saturated rings. The predicted octanol–water partition coefficient (Wildman–Crippen LogP) is 3.87. The van der Waals surface area contributed by atoms with Crippen molar-refractivity contribution in [3.63, 3.8) is 0 Å². The molecule has 170 valence electrons. The minimum Gasteiger partial charge on any atom is -0.487 e. The number of esters is 1. The van der Waals surface area contributed by atoms with Gasteiger partial charge in [0.1, 0.15) is 23.7 Å². The zero-order valence-corrected chi connectivity index (χ0v) is 20.0. The molecule has 2 rings (SSSR count). The summed E-state index contributed by atoms with van der Waals surface area (Å²) in [4.78, 5) is 23.6. The maximum absolute atomic E-state index is 12.0. The van der Waals surface area contributed by atoms with E-state index >= 15 is 0 Å². The van der Waals surface area contributed by atoms with Gasteiger partial charge in [-0.2, -0.15) is 5.10 Å². The molecule has 9 nitrogen and oxygen atoms in total. The summed E-state index contributed by atoms with van der Waals surface area (Å²) in [5, 5.41) is 10.2. The normalized spacial score (nSPS) is 11.0. The molecular formula is C21H29BrN4O5. The Hall–Kier alpha value is -2.75. The Morgan fingerprint density at radius 2 is 1.84 bits per heavy atom. The number of anilines is 1. The SMILES string of the molecule is CCOC(=O)c1c(Br)c(COc2ccc(NCCNC(=O)OC(C)(C)C)cc2)nn1C. The molecule has 1 aromatic carbocycles. The first-order valence-electron chi connectivity index (χ1n) is 9.92. The van der Waals surface area contributed by atoms with Gasteiger partial charge in [0.25, 0.3) is 0 Å². The average molecular weight is 497 g/mol. The number of nitrogens with zero attached hydrogens (tertiary/aromatic N) is 2. The first-order chi connectivity index (χ1) is 14.6. The number of aromatic nitrogens is 2. The lowest BCUT2D eigenvalue weighted by atomic mass is 10.2. The van der Waals surface area contributed by atoms with Gasteiger partial charge in [0.2, 0.25) is 0 Å². The highest BCUT2D eigenvalue weighted by Gasteiger charge is 2.21. The summed E-state index contributed by atoms with van der Waals surface area (Å²) >= 11 is 3.41. The van der Waals surface area contributed by atoms with E-state index in [9.17, 15) is 9.59 Å². The molecule has 10 heteroatoms. The standard InChI is InChI=1S/C21H29BrN4O5/c1-6-29-19(27)18-17(22)16(25-26(18)5)13-30-15-9-7-14(8-10-15)23-11-12-24-20(28)31-21(2,3)4/h7-10,23H,6,11-13H2,1-5H3,(H,24,28). The molecule has 31 heavy (non-hydrogen) atoms. The van der Waals surface area contributed by atoms with Gasteiger partial charge in [0.15, 0.2) is 5.69 Å². The van der Waals surface area contributed by atoms with Crippen molar-refractivity contribution in [3.8, 4) is 5.75 Å². The number of halogens is 1. The lowest BCUT2D eigenvalue weighted by Crippen LogP contribution is -2.34. The van der Waals surface area contributed by atoms with Gasteiger partial charge in [-0.3, -0.25) is 4.68 Å². The van der Waals surface area contributed by atoms with Crippen LogP contribution in [-0.2, 0) is 23.1 Å². The largest absolute Gasteiger partial charge is 0.487 e. The predicted molar refractivity (Wildman–Crippen MR) is 120 cm³/mol. The fourth-order valence-corrected chi connectivity index (χ4v) is 3.19. The number of hydrogen-bond acceptors (Lipinski definition) is 7. The molecule has 0 saturated carbocycles. The smallest absolute Gasteiger partial charge is 0.407 e. The monoisotopic (exact) mass is 496 g/mol. The number of hydrogen-bond donors (Lipinski definition) is 2. The first kappa shape index (κ1) is 24.5. The number of carbonyl (C=O) groups is 2. The van der Waals surface area contributed by atoms with E-state index in [2.05, 4.69) is 31.7 Å². The summed E-state index contributed by atoms with van der Waals surface area (Å²) in [6, 6.07) is 7.40. The second-order valence-electron chi connectivity index (χ2n) is 7.62. The molecule has 0 radical (unpaired) electrons. The van der Waals surface area contributed by atoms with E-state index in [-0.39, 0.29) is 6.61 Å². The molecule has 2 aromatic rings. The Bertz CT molecular complexity index is 890. The van der Waals surface area contributed by atoms with Crippen LogP contribution in [0.25, 0.3) is 0 Å². The number of alkyl carbamates (subject to hydrolysis) is 1. The third-order valence-electron chi connectivity index (χ3n) is 3.88. The summed E-state index contributed by atoms with van der Waals surface area (Å²) in [5.41, 5.74) is 1.32. The van der Waals surface area contributed by atoms with E-state index < -0.39 is 17.7 Å². The number of nitrogens with one attached hydrogen (secondary N) is 2. The number of benzene rings is 1. The fraction of sp³-hybridized carbons (Fsp3) is 0.476. The third-order valence-corrected chi connectivity index (χ3v) is 4.71. The lowest BCUT2D eigenvalue weighted by molar-refractivity contribution is 0.0507. The Kier molecular flexibility index (Phi) is 8.73. The molecule has 1 heterocycles. The third kappa shape index (κ3) is 7.78. The minimum atomic E-state index is -0.515. The fourth-order valence-electron chi connectivity index (χ4n) is 2.57. The summed E-state index contributed by atoms with van der Waals surface area (Å²) in [6.45, 7) is 8.68. The summed E-state index contributed by atoms with van der Waals surface area (Å²) in [6.07, 6.45) is -0.440. The van der Waals surface area contributed by atoms with Crippen LogP contribution in [-0.4, -0.2) is 47.1 Å². The molecule has 0 spiro atoms. The summed E-state index contributed by atoms with van der Waals surface area (Å²) in [7, 11) is 1.68. The van der Waals surface area contributed by atoms with Crippen molar-refractivity contribution in [1.29, 1.82) is 0 Å². The van der Waals surface area contributed by atoms with Gasteiger partial charge >= 0.3 is 12.1 Å². The van der Waals surface area contributed by atoms with E-state index in [1.807, 2.05) is 45.0 Å². The Labute approximate surface area is 190 Å². The maximum Gasteiger partial charge on any atom is 0.407 e. The highest BCUT2D eigenvalue weighted by molar-refractivity contribution is 9.10. The van der Waals surface area contributed by atoms with Crippen LogP contribution in [0.4, 0.5) is 10.5 Å². The van der Waals surface area contributed by atoms with Gasteiger partial charge in [0.05, 0.1) is 11.1 Å². The molecule has 0 bridgehead atoms. The summed E-state index contributed by atoms with van der Waals surface area (Å²) in [5.74, 6) is 0.222. The van der Waals surface area contributed by atoms with Gasteiger partial charge in [-0.25, -0.2) is 9.59 Å². The van der Waals surface area contributed by atoms with Crippen LogP contribution in [0.5, 0.6) is 5.75 Å². The number of carbonyl (C=O) groups excluding carboxylic acids is 2. The van der Waals surface area contributed by atoms with Crippen LogP contribution in [0.3, 0.4) is 0 Å². The Balaban J connectivity index is 1.81. The van der Waals surface area contributed by atoms with Crippen LogP contribution in [0, 0.1) is 0 Å². The van der Waals surface area contributed by atoms with Crippen LogP contribution >= 0.6 is 15.9 Å².